The summed E-state index contributed by atoms with van der Waals surface area (Å²) >= 11 is 1.95. The summed E-state index contributed by atoms with van der Waals surface area (Å²) in [6.07, 6.45) is 2.80. The maximum atomic E-state index is 2.81. The molecular weight excluding hydrogens is 276 g/mol. The van der Waals surface area contributed by atoms with E-state index in [0.717, 1.165) is 12.0 Å². The molecule has 3 atom stereocenters. The van der Waals surface area contributed by atoms with E-state index in [1.165, 1.54) is 42.2 Å². The summed E-state index contributed by atoms with van der Waals surface area (Å²) in [5.41, 5.74) is 1.56. The molecule has 1 aromatic rings. The van der Waals surface area contributed by atoms with E-state index in [1.807, 2.05) is 11.3 Å². The number of hydrogen-bond acceptors (Lipinski definition) is 3. The molecule has 0 aliphatic carbocycles. The largest absolute Gasteiger partial charge is 0.298 e. The molecule has 3 unspecified atom stereocenters. The van der Waals surface area contributed by atoms with Crippen molar-refractivity contribution in [2.24, 2.45) is 5.92 Å². The molecule has 0 spiro atoms. The van der Waals surface area contributed by atoms with Crippen LogP contribution in [0, 0.1) is 19.8 Å². The lowest BCUT2D eigenvalue weighted by molar-refractivity contribution is 0.00401. The van der Waals surface area contributed by atoms with Crippen LogP contribution >= 0.6 is 11.3 Å². The van der Waals surface area contributed by atoms with Gasteiger partial charge in [-0.25, -0.2) is 0 Å². The monoisotopic (exact) mass is 306 g/mol. The third-order valence-corrected chi connectivity index (χ3v) is 6.55. The lowest BCUT2D eigenvalue weighted by Crippen LogP contribution is -2.58. The highest BCUT2D eigenvalue weighted by molar-refractivity contribution is 7.12. The van der Waals surface area contributed by atoms with Gasteiger partial charge in [0.25, 0.3) is 0 Å². The van der Waals surface area contributed by atoms with Crippen molar-refractivity contribution in [1.82, 2.24) is 9.80 Å². The zero-order chi connectivity index (χ0) is 15.1. The van der Waals surface area contributed by atoms with Crippen molar-refractivity contribution in [3.63, 3.8) is 0 Å². The molecule has 2 saturated heterocycles. The van der Waals surface area contributed by atoms with Crippen molar-refractivity contribution in [3.05, 3.63) is 21.4 Å². The number of hydrogen-bond donors (Lipinski definition) is 0. The Morgan fingerprint density at radius 1 is 1.19 bits per heavy atom. The maximum Gasteiger partial charge on any atom is 0.0335 e. The smallest absolute Gasteiger partial charge is 0.0335 e. The first-order chi connectivity index (χ1) is 9.97. The van der Waals surface area contributed by atoms with Crippen molar-refractivity contribution >= 4 is 11.3 Å². The minimum atomic E-state index is 0.560. The second-order valence-electron chi connectivity index (χ2n) is 7.34. The fraction of sp³-hybridized carbons (Fsp3) is 0.778. The van der Waals surface area contributed by atoms with Crippen LogP contribution < -0.4 is 0 Å². The van der Waals surface area contributed by atoms with E-state index >= 15 is 0 Å². The van der Waals surface area contributed by atoms with Gasteiger partial charge in [0, 0.05) is 41.0 Å². The third kappa shape index (κ3) is 2.93. The van der Waals surface area contributed by atoms with E-state index in [9.17, 15) is 0 Å². The molecule has 2 nitrogen and oxygen atoms in total. The predicted octanol–water partition coefficient (Wildman–Crippen LogP) is 4.23. The van der Waals surface area contributed by atoms with E-state index in [-0.39, 0.29) is 0 Å². The molecule has 21 heavy (non-hydrogen) atoms. The highest BCUT2D eigenvalue weighted by Gasteiger charge is 2.39. The summed E-state index contributed by atoms with van der Waals surface area (Å²) in [6, 6.07) is 4.49. The van der Waals surface area contributed by atoms with Gasteiger partial charge in [0.05, 0.1) is 0 Å². The Kier molecular flexibility index (Phi) is 4.45. The molecule has 0 saturated carbocycles. The van der Waals surface area contributed by atoms with E-state index in [2.05, 4.69) is 50.5 Å². The van der Waals surface area contributed by atoms with Crippen molar-refractivity contribution in [3.8, 4) is 0 Å². The first kappa shape index (κ1) is 15.5. The third-order valence-electron chi connectivity index (χ3n) is 5.56. The Morgan fingerprint density at radius 2 is 1.95 bits per heavy atom. The van der Waals surface area contributed by atoms with Gasteiger partial charge < -0.3 is 0 Å². The van der Waals surface area contributed by atoms with Gasteiger partial charge in [-0.3, -0.25) is 9.80 Å². The molecule has 3 heteroatoms. The van der Waals surface area contributed by atoms with E-state index in [0.29, 0.717) is 12.1 Å². The lowest BCUT2D eigenvalue weighted by Gasteiger charge is -2.48. The van der Waals surface area contributed by atoms with Crippen LogP contribution in [-0.2, 0) is 0 Å². The van der Waals surface area contributed by atoms with Crippen LogP contribution in [0.25, 0.3) is 0 Å². The maximum absolute atomic E-state index is 2.81. The van der Waals surface area contributed by atoms with Gasteiger partial charge in [-0.2, -0.15) is 0 Å². The molecular formula is C18H30N2S. The fourth-order valence-corrected chi connectivity index (χ4v) is 5.37. The molecule has 0 bridgehead atoms. The molecule has 0 radical (unpaired) electrons. The number of fused-ring (bicyclic) bond motifs is 1. The second kappa shape index (κ2) is 6.02. The number of aryl methyl sites for hydroxylation is 2. The molecule has 2 aliphatic rings. The highest BCUT2D eigenvalue weighted by Crippen LogP contribution is 2.36. The van der Waals surface area contributed by atoms with Crippen LogP contribution in [0.15, 0.2) is 6.07 Å². The quantitative estimate of drug-likeness (QED) is 0.824. The number of nitrogens with zero attached hydrogens (tertiary/aromatic N) is 2. The van der Waals surface area contributed by atoms with Gasteiger partial charge in [0.15, 0.2) is 0 Å². The van der Waals surface area contributed by atoms with Crippen LogP contribution in [0.4, 0.5) is 0 Å². The Hall–Kier alpha value is -0.380. The summed E-state index contributed by atoms with van der Waals surface area (Å²) < 4.78 is 0. The number of rotatable bonds is 3. The standard InChI is InChI=1S/C18H30N2S/c1-12(2)18-11-19-8-6-7-16(19)10-20(18)14(4)17-9-13(3)21-15(17)5/h9,12,14,16,18H,6-8,10-11H2,1-5H3. The van der Waals surface area contributed by atoms with E-state index < -0.39 is 0 Å². The molecule has 0 amide bonds. The zero-order valence-electron chi connectivity index (χ0n) is 14.2. The minimum Gasteiger partial charge on any atom is -0.298 e. The molecule has 1 aromatic heterocycles. The molecule has 118 valence electrons. The van der Waals surface area contributed by atoms with Crippen LogP contribution in [0.2, 0.25) is 0 Å². The topological polar surface area (TPSA) is 6.48 Å². The first-order valence-electron chi connectivity index (χ1n) is 8.54. The van der Waals surface area contributed by atoms with Gasteiger partial charge >= 0.3 is 0 Å². The van der Waals surface area contributed by atoms with Crippen molar-refractivity contribution < 1.29 is 0 Å². The molecule has 3 rings (SSSR count). The van der Waals surface area contributed by atoms with Gasteiger partial charge in [-0.05, 0) is 57.7 Å². The summed E-state index contributed by atoms with van der Waals surface area (Å²) in [6.45, 7) is 15.6. The van der Waals surface area contributed by atoms with E-state index in [1.54, 1.807) is 5.56 Å². The highest BCUT2D eigenvalue weighted by atomic mass is 32.1. The SMILES string of the molecule is Cc1cc(C(C)N2CC3CCCN3CC2C(C)C)c(C)s1. The van der Waals surface area contributed by atoms with Crippen LogP contribution in [0.5, 0.6) is 0 Å². The molecule has 3 heterocycles. The number of thiophene rings is 1. The van der Waals surface area contributed by atoms with Crippen LogP contribution in [0.1, 0.15) is 55.0 Å². The summed E-state index contributed by atoms with van der Waals surface area (Å²) in [7, 11) is 0. The predicted molar refractivity (Wildman–Crippen MR) is 92.1 cm³/mol. The van der Waals surface area contributed by atoms with Crippen molar-refractivity contribution in [2.75, 3.05) is 19.6 Å². The lowest BCUT2D eigenvalue weighted by atomic mass is 9.93. The summed E-state index contributed by atoms with van der Waals surface area (Å²) in [5, 5.41) is 0. The minimum absolute atomic E-state index is 0.560. The van der Waals surface area contributed by atoms with Crippen molar-refractivity contribution in [2.45, 2.75) is 65.6 Å². The first-order valence-corrected chi connectivity index (χ1v) is 9.35. The van der Waals surface area contributed by atoms with Gasteiger partial charge in [-0.1, -0.05) is 13.8 Å². The van der Waals surface area contributed by atoms with Gasteiger partial charge in [0.1, 0.15) is 0 Å². The average Bonchev–Trinajstić information content (AvgIpc) is 3.01. The van der Waals surface area contributed by atoms with Gasteiger partial charge in [-0.15, -0.1) is 11.3 Å². The normalized spacial score (nSPS) is 29.0. The van der Waals surface area contributed by atoms with Crippen LogP contribution in [0.3, 0.4) is 0 Å². The Labute approximate surface area is 134 Å². The fourth-order valence-electron chi connectivity index (χ4n) is 4.35. The summed E-state index contributed by atoms with van der Waals surface area (Å²) in [5.74, 6) is 0.731. The average molecular weight is 307 g/mol. The zero-order valence-corrected chi connectivity index (χ0v) is 15.0. The molecule has 0 aromatic carbocycles. The Morgan fingerprint density at radius 3 is 2.57 bits per heavy atom. The van der Waals surface area contributed by atoms with Crippen molar-refractivity contribution in [1.29, 1.82) is 0 Å². The van der Waals surface area contributed by atoms with Crippen LogP contribution in [-0.4, -0.2) is 41.5 Å². The molecule has 2 aliphatic heterocycles. The van der Waals surface area contributed by atoms with E-state index in [4.69, 9.17) is 0 Å². The Bertz CT molecular complexity index is 493. The molecule has 2 fully saturated rings. The summed E-state index contributed by atoms with van der Waals surface area (Å²) in [4.78, 5) is 8.52. The number of piperazine rings is 1. The second-order valence-corrected chi connectivity index (χ2v) is 8.80. The molecule has 0 N–H and O–H groups in total. The Balaban J connectivity index is 1.85. The van der Waals surface area contributed by atoms with Gasteiger partial charge in [0.2, 0.25) is 0 Å².